The number of aryl methyl sites for hydroxylation is 1. The molecule has 1 N–H and O–H groups in total. The van der Waals surface area contributed by atoms with Crippen molar-refractivity contribution in [2.24, 2.45) is 5.92 Å². The second-order valence-electron chi connectivity index (χ2n) is 5.47. The highest BCUT2D eigenvalue weighted by Crippen LogP contribution is 2.28. The van der Waals surface area contributed by atoms with Crippen LogP contribution >= 0.6 is 15.9 Å². The van der Waals surface area contributed by atoms with Gasteiger partial charge in [-0.05, 0) is 31.0 Å². The molecule has 0 radical (unpaired) electrons. The van der Waals surface area contributed by atoms with Gasteiger partial charge >= 0.3 is 5.97 Å². The van der Waals surface area contributed by atoms with Crippen LogP contribution in [0.15, 0.2) is 27.1 Å². The Morgan fingerprint density at radius 2 is 2.09 bits per heavy atom. The van der Waals surface area contributed by atoms with Gasteiger partial charge in [-0.15, -0.1) is 0 Å². The SMILES string of the molecule is Cc1c(C(=O)OCC(=O)NCC(C)C)oc2ccc(Br)cc12. The lowest BCUT2D eigenvalue weighted by molar-refractivity contribution is -0.124. The third kappa shape index (κ3) is 3.88. The van der Waals surface area contributed by atoms with Gasteiger partial charge in [0, 0.05) is 22.0 Å². The van der Waals surface area contributed by atoms with E-state index in [1.54, 1.807) is 13.0 Å². The first-order valence-corrected chi connectivity index (χ1v) is 7.80. The van der Waals surface area contributed by atoms with Crippen molar-refractivity contribution in [1.29, 1.82) is 0 Å². The number of benzene rings is 1. The number of halogens is 1. The molecule has 5 nitrogen and oxygen atoms in total. The predicted octanol–water partition coefficient (Wildman–Crippen LogP) is 3.43. The number of hydrogen-bond acceptors (Lipinski definition) is 4. The molecule has 0 fully saturated rings. The Labute approximate surface area is 137 Å². The third-order valence-electron chi connectivity index (χ3n) is 3.13. The van der Waals surface area contributed by atoms with Gasteiger partial charge in [-0.2, -0.15) is 0 Å². The summed E-state index contributed by atoms with van der Waals surface area (Å²) in [4.78, 5) is 23.6. The van der Waals surface area contributed by atoms with Crippen molar-refractivity contribution in [3.63, 3.8) is 0 Å². The molecule has 0 saturated carbocycles. The van der Waals surface area contributed by atoms with Crippen LogP contribution in [-0.4, -0.2) is 25.0 Å². The number of amides is 1. The normalized spacial score (nSPS) is 11.0. The maximum Gasteiger partial charge on any atom is 0.375 e. The number of hydrogen-bond donors (Lipinski definition) is 1. The van der Waals surface area contributed by atoms with Crippen LogP contribution in [0.2, 0.25) is 0 Å². The summed E-state index contributed by atoms with van der Waals surface area (Å²) in [5, 5.41) is 3.52. The van der Waals surface area contributed by atoms with E-state index in [2.05, 4.69) is 21.2 Å². The van der Waals surface area contributed by atoms with E-state index in [0.29, 0.717) is 23.6 Å². The standard InChI is InChI=1S/C16H18BrNO4/c1-9(2)7-18-14(19)8-21-16(20)15-10(3)12-6-11(17)4-5-13(12)22-15/h4-6,9H,7-8H2,1-3H3,(H,18,19). The first-order chi connectivity index (χ1) is 10.4. The quantitative estimate of drug-likeness (QED) is 0.821. The second kappa shape index (κ2) is 6.96. The van der Waals surface area contributed by atoms with Gasteiger partial charge < -0.3 is 14.5 Å². The first kappa shape index (κ1) is 16.5. The Balaban J connectivity index is 2.04. The fourth-order valence-electron chi connectivity index (χ4n) is 1.95. The summed E-state index contributed by atoms with van der Waals surface area (Å²) in [7, 11) is 0. The Kier molecular flexibility index (Phi) is 5.24. The van der Waals surface area contributed by atoms with Crippen molar-refractivity contribution < 1.29 is 18.7 Å². The number of ether oxygens (including phenoxy) is 1. The van der Waals surface area contributed by atoms with E-state index in [0.717, 1.165) is 9.86 Å². The van der Waals surface area contributed by atoms with Crippen molar-refractivity contribution in [3.05, 3.63) is 34.0 Å². The molecular formula is C16H18BrNO4. The Morgan fingerprint density at radius 3 is 2.77 bits per heavy atom. The number of carbonyl (C=O) groups is 2. The number of rotatable bonds is 5. The molecule has 2 aromatic rings. The molecule has 0 spiro atoms. The van der Waals surface area contributed by atoms with Gasteiger partial charge in [0.25, 0.3) is 5.91 Å². The Morgan fingerprint density at radius 1 is 1.36 bits per heavy atom. The van der Waals surface area contributed by atoms with Crippen LogP contribution in [0, 0.1) is 12.8 Å². The van der Waals surface area contributed by atoms with Crippen LogP contribution in [-0.2, 0) is 9.53 Å². The molecule has 0 saturated heterocycles. The summed E-state index contributed by atoms with van der Waals surface area (Å²) in [6.45, 7) is 6.00. The van der Waals surface area contributed by atoms with E-state index in [9.17, 15) is 9.59 Å². The monoisotopic (exact) mass is 367 g/mol. The van der Waals surface area contributed by atoms with Crippen LogP contribution in [0.3, 0.4) is 0 Å². The van der Waals surface area contributed by atoms with E-state index in [1.165, 1.54) is 0 Å². The molecule has 1 aromatic carbocycles. The Hall–Kier alpha value is -1.82. The van der Waals surface area contributed by atoms with E-state index < -0.39 is 5.97 Å². The summed E-state index contributed by atoms with van der Waals surface area (Å²) in [6, 6.07) is 5.48. The van der Waals surface area contributed by atoms with Crippen LogP contribution in [0.4, 0.5) is 0 Å². The minimum Gasteiger partial charge on any atom is -0.450 e. The van der Waals surface area contributed by atoms with Gasteiger partial charge in [0.15, 0.2) is 6.61 Å². The summed E-state index contributed by atoms with van der Waals surface area (Å²) in [5.41, 5.74) is 1.31. The highest BCUT2D eigenvalue weighted by atomic mass is 79.9. The van der Waals surface area contributed by atoms with E-state index in [-0.39, 0.29) is 18.3 Å². The second-order valence-corrected chi connectivity index (χ2v) is 6.39. The molecule has 0 unspecified atom stereocenters. The number of furan rings is 1. The number of fused-ring (bicyclic) bond motifs is 1. The van der Waals surface area contributed by atoms with Crippen molar-refractivity contribution in [2.45, 2.75) is 20.8 Å². The van der Waals surface area contributed by atoms with Crippen molar-refractivity contribution >= 4 is 38.8 Å². The zero-order valence-electron chi connectivity index (χ0n) is 12.7. The lowest BCUT2D eigenvalue weighted by Crippen LogP contribution is -2.31. The van der Waals surface area contributed by atoms with E-state index in [1.807, 2.05) is 26.0 Å². The lowest BCUT2D eigenvalue weighted by Gasteiger charge is -2.07. The molecule has 2 rings (SSSR count). The van der Waals surface area contributed by atoms with Crippen molar-refractivity contribution in [3.8, 4) is 0 Å². The zero-order chi connectivity index (χ0) is 16.3. The van der Waals surface area contributed by atoms with Crippen molar-refractivity contribution in [2.75, 3.05) is 13.2 Å². The smallest absolute Gasteiger partial charge is 0.375 e. The number of esters is 1. The van der Waals surface area contributed by atoms with Gasteiger partial charge in [-0.3, -0.25) is 4.79 Å². The molecule has 1 amide bonds. The van der Waals surface area contributed by atoms with Crippen LogP contribution in [0.5, 0.6) is 0 Å². The molecule has 1 aromatic heterocycles. The summed E-state index contributed by atoms with van der Waals surface area (Å²) >= 11 is 3.38. The van der Waals surface area contributed by atoms with E-state index >= 15 is 0 Å². The molecule has 22 heavy (non-hydrogen) atoms. The predicted molar refractivity (Wildman–Crippen MR) is 86.8 cm³/mol. The molecule has 0 bridgehead atoms. The molecule has 0 aliphatic carbocycles. The van der Waals surface area contributed by atoms with Crippen LogP contribution in [0.1, 0.15) is 30.0 Å². The fraction of sp³-hybridized carbons (Fsp3) is 0.375. The van der Waals surface area contributed by atoms with Crippen molar-refractivity contribution in [1.82, 2.24) is 5.32 Å². The average Bonchev–Trinajstić information content (AvgIpc) is 2.79. The molecular weight excluding hydrogens is 350 g/mol. The Bertz CT molecular complexity index is 705. The topological polar surface area (TPSA) is 68.5 Å². The third-order valence-corrected chi connectivity index (χ3v) is 3.62. The minimum absolute atomic E-state index is 0.129. The van der Waals surface area contributed by atoms with Gasteiger partial charge in [-0.25, -0.2) is 4.79 Å². The van der Waals surface area contributed by atoms with Gasteiger partial charge in [0.2, 0.25) is 5.76 Å². The van der Waals surface area contributed by atoms with Crippen LogP contribution < -0.4 is 5.32 Å². The minimum atomic E-state index is -0.635. The fourth-order valence-corrected chi connectivity index (χ4v) is 2.31. The molecule has 0 aliphatic rings. The maximum absolute atomic E-state index is 12.1. The summed E-state index contributed by atoms with van der Waals surface area (Å²) in [5.74, 6) is -0.483. The molecule has 0 aliphatic heterocycles. The van der Waals surface area contributed by atoms with E-state index in [4.69, 9.17) is 9.15 Å². The van der Waals surface area contributed by atoms with Gasteiger partial charge in [0.1, 0.15) is 5.58 Å². The van der Waals surface area contributed by atoms with Crippen LogP contribution in [0.25, 0.3) is 11.0 Å². The largest absolute Gasteiger partial charge is 0.450 e. The van der Waals surface area contributed by atoms with Gasteiger partial charge in [0.05, 0.1) is 0 Å². The molecule has 6 heteroatoms. The summed E-state index contributed by atoms with van der Waals surface area (Å²) < 4.78 is 11.4. The maximum atomic E-state index is 12.1. The highest BCUT2D eigenvalue weighted by molar-refractivity contribution is 9.10. The first-order valence-electron chi connectivity index (χ1n) is 7.01. The highest BCUT2D eigenvalue weighted by Gasteiger charge is 2.20. The zero-order valence-corrected chi connectivity index (χ0v) is 14.3. The molecule has 0 atom stereocenters. The van der Waals surface area contributed by atoms with Gasteiger partial charge in [-0.1, -0.05) is 29.8 Å². The average molecular weight is 368 g/mol. The number of nitrogens with one attached hydrogen (secondary N) is 1. The summed E-state index contributed by atoms with van der Waals surface area (Å²) in [6.07, 6.45) is 0. The molecule has 1 heterocycles. The lowest BCUT2D eigenvalue weighted by atomic mass is 10.1. The molecule has 118 valence electrons. The number of carbonyl (C=O) groups excluding carboxylic acids is 2.